The Hall–Kier alpha value is -1.13. The van der Waals surface area contributed by atoms with Crippen LogP contribution in [0.4, 0.5) is 10.1 Å². The number of ether oxygens (including phenoxy) is 1. The van der Waals surface area contributed by atoms with E-state index in [2.05, 4.69) is 11.8 Å². The SMILES string of the molecule is COCCN(c1cccc(F)c1[C@@H](C)O)C(C)C1CC1. The van der Waals surface area contributed by atoms with Crippen LogP contribution in [-0.4, -0.2) is 31.4 Å². The van der Waals surface area contributed by atoms with Crippen LogP contribution in [0.15, 0.2) is 18.2 Å². The number of benzene rings is 1. The first-order valence-electron chi connectivity index (χ1n) is 7.28. The van der Waals surface area contributed by atoms with Crippen LogP contribution in [0.2, 0.25) is 0 Å². The number of nitrogens with zero attached hydrogens (tertiary/aromatic N) is 1. The Balaban J connectivity index is 2.34. The lowest BCUT2D eigenvalue weighted by Crippen LogP contribution is -2.38. The molecule has 2 rings (SSSR count). The van der Waals surface area contributed by atoms with Crippen LogP contribution in [0.25, 0.3) is 0 Å². The summed E-state index contributed by atoms with van der Waals surface area (Å²) in [6, 6.07) is 5.33. The zero-order valence-corrected chi connectivity index (χ0v) is 12.5. The maximum absolute atomic E-state index is 14.0. The van der Waals surface area contributed by atoms with Gasteiger partial charge in [0.2, 0.25) is 0 Å². The van der Waals surface area contributed by atoms with Gasteiger partial charge in [0.25, 0.3) is 0 Å². The average molecular weight is 281 g/mol. The van der Waals surface area contributed by atoms with Crippen LogP contribution in [0.5, 0.6) is 0 Å². The van der Waals surface area contributed by atoms with E-state index in [1.54, 1.807) is 20.1 Å². The van der Waals surface area contributed by atoms with Crippen molar-refractivity contribution >= 4 is 5.69 Å². The number of methoxy groups -OCH3 is 1. The van der Waals surface area contributed by atoms with Crippen molar-refractivity contribution in [1.29, 1.82) is 0 Å². The van der Waals surface area contributed by atoms with Gasteiger partial charge in [-0.3, -0.25) is 0 Å². The molecule has 1 aliphatic rings. The molecule has 0 aromatic heterocycles. The molecule has 1 aliphatic carbocycles. The summed E-state index contributed by atoms with van der Waals surface area (Å²) in [5, 5.41) is 9.90. The Morgan fingerprint density at radius 1 is 1.40 bits per heavy atom. The largest absolute Gasteiger partial charge is 0.389 e. The van der Waals surface area contributed by atoms with E-state index >= 15 is 0 Å². The van der Waals surface area contributed by atoms with Gasteiger partial charge in [0.05, 0.1) is 12.7 Å². The molecule has 0 heterocycles. The lowest BCUT2D eigenvalue weighted by Gasteiger charge is -2.33. The lowest BCUT2D eigenvalue weighted by atomic mass is 10.0. The minimum atomic E-state index is -0.817. The molecule has 4 heteroatoms. The van der Waals surface area contributed by atoms with Crippen molar-refractivity contribution in [3.8, 4) is 0 Å². The molecule has 0 radical (unpaired) electrons. The predicted molar refractivity (Wildman–Crippen MR) is 78.4 cm³/mol. The topological polar surface area (TPSA) is 32.7 Å². The van der Waals surface area contributed by atoms with Crippen molar-refractivity contribution in [2.75, 3.05) is 25.2 Å². The van der Waals surface area contributed by atoms with Gasteiger partial charge in [-0.25, -0.2) is 4.39 Å². The Bertz CT molecular complexity index is 446. The van der Waals surface area contributed by atoms with Gasteiger partial charge in [0.15, 0.2) is 0 Å². The summed E-state index contributed by atoms with van der Waals surface area (Å²) in [6.45, 7) is 5.08. The first kappa shape index (κ1) is 15.3. The van der Waals surface area contributed by atoms with E-state index in [1.807, 2.05) is 6.07 Å². The molecule has 1 fully saturated rings. The third-order valence-electron chi connectivity index (χ3n) is 4.09. The quantitative estimate of drug-likeness (QED) is 0.833. The third kappa shape index (κ3) is 3.30. The van der Waals surface area contributed by atoms with Crippen molar-refractivity contribution in [3.05, 3.63) is 29.6 Å². The smallest absolute Gasteiger partial charge is 0.131 e. The van der Waals surface area contributed by atoms with Crippen LogP contribution >= 0.6 is 0 Å². The Labute approximate surface area is 120 Å². The average Bonchev–Trinajstić information content (AvgIpc) is 3.22. The fourth-order valence-electron chi connectivity index (χ4n) is 2.76. The first-order valence-corrected chi connectivity index (χ1v) is 7.28. The summed E-state index contributed by atoms with van der Waals surface area (Å²) in [5.74, 6) is 0.319. The number of aliphatic hydroxyl groups is 1. The third-order valence-corrected chi connectivity index (χ3v) is 4.09. The van der Waals surface area contributed by atoms with Crippen LogP contribution in [-0.2, 0) is 4.74 Å². The van der Waals surface area contributed by atoms with Crippen molar-refractivity contribution in [2.24, 2.45) is 5.92 Å². The summed E-state index contributed by atoms with van der Waals surface area (Å²) in [6.07, 6.45) is 1.64. The van der Waals surface area contributed by atoms with Crippen LogP contribution in [0, 0.1) is 11.7 Å². The second kappa shape index (κ2) is 6.55. The van der Waals surface area contributed by atoms with Gasteiger partial charge in [0, 0.05) is 30.9 Å². The number of halogens is 1. The van der Waals surface area contributed by atoms with Gasteiger partial charge >= 0.3 is 0 Å². The van der Waals surface area contributed by atoms with Gasteiger partial charge in [-0.05, 0) is 44.7 Å². The van der Waals surface area contributed by atoms with E-state index < -0.39 is 6.10 Å². The normalized spacial score (nSPS) is 17.9. The summed E-state index contributed by atoms with van der Waals surface area (Å²) >= 11 is 0. The molecule has 0 amide bonds. The maximum atomic E-state index is 14.0. The molecule has 20 heavy (non-hydrogen) atoms. The van der Waals surface area contributed by atoms with E-state index in [1.165, 1.54) is 18.9 Å². The number of hydrogen-bond acceptors (Lipinski definition) is 3. The first-order chi connectivity index (χ1) is 9.56. The Morgan fingerprint density at radius 3 is 2.65 bits per heavy atom. The zero-order valence-electron chi connectivity index (χ0n) is 12.5. The second-order valence-electron chi connectivity index (χ2n) is 5.61. The van der Waals surface area contributed by atoms with Gasteiger partial charge in [0.1, 0.15) is 5.82 Å². The summed E-state index contributed by atoms with van der Waals surface area (Å²) in [7, 11) is 1.67. The molecular formula is C16H24FNO2. The van der Waals surface area contributed by atoms with Crippen LogP contribution in [0.3, 0.4) is 0 Å². The summed E-state index contributed by atoms with van der Waals surface area (Å²) in [4.78, 5) is 2.17. The summed E-state index contributed by atoms with van der Waals surface area (Å²) in [5.41, 5.74) is 1.17. The van der Waals surface area contributed by atoms with E-state index in [9.17, 15) is 9.50 Å². The van der Waals surface area contributed by atoms with Gasteiger partial charge in [-0.15, -0.1) is 0 Å². The highest BCUT2D eigenvalue weighted by Crippen LogP contribution is 2.39. The molecule has 1 saturated carbocycles. The molecule has 1 aromatic carbocycles. The van der Waals surface area contributed by atoms with Gasteiger partial charge in [-0.2, -0.15) is 0 Å². The fraction of sp³-hybridized carbons (Fsp3) is 0.625. The minimum absolute atomic E-state index is 0.337. The minimum Gasteiger partial charge on any atom is -0.389 e. The van der Waals surface area contributed by atoms with Gasteiger partial charge < -0.3 is 14.7 Å². The molecule has 0 aliphatic heterocycles. The number of hydrogen-bond donors (Lipinski definition) is 1. The Morgan fingerprint density at radius 2 is 2.10 bits per heavy atom. The van der Waals surface area contributed by atoms with E-state index in [-0.39, 0.29) is 5.82 Å². The molecular weight excluding hydrogens is 257 g/mol. The van der Waals surface area contributed by atoms with Crippen LogP contribution in [0.1, 0.15) is 38.4 Å². The van der Waals surface area contributed by atoms with Crippen molar-refractivity contribution < 1.29 is 14.2 Å². The van der Waals surface area contributed by atoms with E-state index in [0.717, 1.165) is 5.69 Å². The number of rotatable bonds is 7. The molecule has 0 bridgehead atoms. The summed E-state index contributed by atoms with van der Waals surface area (Å²) < 4.78 is 19.2. The molecule has 1 N–H and O–H groups in total. The van der Waals surface area contributed by atoms with Crippen molar-refractivity contribution in [3.63, 3.8) is 0 Å². The fourth-order valence-corrected chi connectivity index (χ4v) is 2.76. The molecule has 1 aromatic rings. The monoisotopic (exact) mass is 281 g/mol. The highest BCUT2D eigenvalue weighted by molar-refractivity contribution is 5.56. The highest BCUT2D eigenvalue weighted by Gasteiger charge is 2.33. The molecule has 0 spiro atoms. The molecule has 0 saturated heterocycles. The molecule has 1 unspecified atom stereocenters. The predicted octanol–water partition coefficient (Wildman–Crippen LogP) is 3.13. The highest BCUT2D eigenvalue weighted by atomic mass is 19.1. The number of aliphatic hydroxyl groups excluding tert-OH is 1. The molecule has 2 atom stereocenters. The van der Waals surface area contributed by atoms with E-state index in [4.69, 9.17) is 4.74 Å². The lowest BCUT2D eigenvalue weighted by molar-refractivity contribution is 0.192. The molecule has 3 nitrogen and oxygen atoms in total. The zero-order chi connectivity index (χ0) is 14.7. The van der Waals surface area contributed by atoms with Crippen LogP contribution < -0.4 is 4.90 Å². The van der Waals surface area contributed by atoms with E-state index in [0.29, 0.717) is 30.7 Å². The number of anilines is 1. The molecule has 112 valence electrons. The standard InChI is InChI=1S/C16H24FNO2/c1-11(13-7-8-13)18(9-10-20-3)15-6-4-5-14(17)16(15)12(2)19/h4-6,11-13,19H,7-10H2,1-3H3/t11?,12-/m1/s1. The second-order valence-corrected chi connectivity index (χ2v) is 5.61. The Kier molecular flexibility index (Phi) is 5.00. The van der Waals surface area contributed by atoms with Crippen molar-refractivity contribution in [2.45, 2.75) is 38.8 Å². The maximum Gasteiger partial charge on any atom is 0.131 e. The van der Waals surface area contributed by atoms with Crippen molar-refractivity contribution in [1.82, 2.24) is 0 Å². The van der Waals surface area contributed by atoms with Gasteiger partial charge in [-0.1, -0.05) is 6.07 Å².